The van der Waals surface area contributed by atoms with E-state index >= 15 is 0 Å². The van der Waals surface area contributed by atoms with E-state index in [1.165, 1.54) is 0 Å². The second-order valence-corrected chi connectivity index (χ2v) is 5.89. The number of nitrogens with zero attached hydrogens (tertiary/aromatic N) is 2. The molecule has 1 saturated heterocycles. The Morgan fingerprint density at radius 2 is 2.04 bits per heavy atom. The molecule has 0 saturated carbocycles. The molecule has 1 aliphatic rings. The van der Waals surface area contributed by atoms with Crippen LogP contribution < -0.4 is 16.4 Å². The number of carbonyl (C=O) groups is 2. The Bertz CT molecular complexity index is 535. The molecule has 1 fully saturated rings. The molecule has 0 spiro atoms. The van der Waals surface area contributed by atoms with Crippen molar-refractivity contribution in [1.29, 1.82) is 0 Å². The molecule has 0 aromatic carbocycles. The van der Waals surface area contributed by atoms with Gasteiger partial charge >= 0.3 is 11.8 Å². The highest BCUT2D eigenvalue weighted by Crippen LogP contribution is 2.30. The van der Waals surface area contributed by atoms with E-state index in [2.05, 4.69) is 15.6 Å². The first-order chi connectivity index (χ1) is 11.0. The number of amides is 2. The first kappa shape index (κ1) is 17.4. The van der Waals surface area contributed by atoms with Crippen molar-refractivity contribution < 1.29 is 9.59 Å². The van der Waals surface area contributed by atoms with Crippen molar-refractivity contribution >= 4 is 11.8 Å². The van der Waals surface area contributed by atoms with Crippen LogP contribution in [0.4, 0.5) is 0 Å². The fourth-order valence-electron chi connectivity index (χ4n) is 2.91. The third kappa shape index (κ3) is 4.27. The summed E-state index contributed by atoms with van der Waals surface area (Å²) >= 11 is 0. The minimum absolute atomic E-state index is 0.0756. The first-order valence-electron chi connectivity index (χ1n) is 7.98. The summed E-state index contributed by atoms with van der Waals surface area (Å²) < 4.78 is 0. The van der Waals surface area contributed by atoms with Gasteiger partial charge in [0.1, 0.15) is 0 Å². The number of likely N-dealkylation sites (tertiary alicyclic amines) is 1. The monoisotopic (exact) mass is 319 g/mol. The summed E-state index contributed by atoms with van der Waals surface area (Å²) in [6.07, 6.45) is 5.78. The van der Waals surface area contributed by atoms with Gasteiger partial charge < -0.3 is 16.0 Å². The van der Waals surface area contributed by atoms with Crippen molar-refractivity contribution in [3.05, 3.63) is 30.1 Å². The highest BCUT2D eigenvalue weighted by atomic mass is 16.2. The summed E-state index contributed by atoms with van der Waals surface area (Å²) in [6.45, 7) is 2.36. The maximum atomic E-state index is 12.6. The number of nitrogens with two attached hydrogens (primary N) is 1. The van der Waals surface area contributed by atoms with Crippen LogP contribution >= 0.6 is 0 Å². The van der Waals surface area contributed by atoms with Gasteiger partial charge in [-0.25, -0.2) is 0 Å². The number of likely N-dealkylation sites (N-methyl/N-ethyl adjacent to an activating group) is 1. The summed E-state index contributed by atoms with van der Waals surface area (Å²) in [5.74, 6) is -1.13. The molecule has 4 N–H and O–H groups in total. The maximum Gasteiger partial charge on any atom is 0.312 e. The molecule has 1 aromatic rings. The van der Waals surface area contributed by atoms with E-state index in [0.29, 0.717) is 6.54 Å². The summed E-state index contributed by atoms with van der Waals surface area (Å²) in [6, 6.07) is 3.42. The van der Waals surface area contributed by atoms with Crippen LogP contribution in [0.25, 0.3) is 0 Å². The van der Waals surface area contributed by atoms with E-state index in [9.17, 15) is 9.59 Å². The Morgan fingerprint density at radius 3 is 2.65 bits per heavy atom. The highest BCUT2D eigenvalue weighted by molar-refractivity contribution is 6.35. The molecule has 23 heavy (non-hydrogen) atoms. The molecular formula is C16H25N5O2. The Labute approximate surface area is 136 Å². The van der Waals surface area contributed by atoms with E-state index in [-0.39, 0.29) is 12.1 Å². The quantitative estimate of drug-likeness (QED) is 0.541. The van der Waals surface area contributed by atoms with Crippen LogP contribution in [0.15, 0.2) is 24.5 Å². The normalized spacial score (nSPS) is 20.7. The summed E-state index contributed by atoms with van der Waals surface area (Å²) in [7, 11) is 1.69. The minimum atomic E-state index is -0.623. The number of aromatic nitrogens is 1. The Kier molecular flexibility index (Phi) is 6.06. The van der Waals surface area contributed by atoms with E-state index in [1.807, 2.05) is 12.1 Å². The summed E-state index contributed by atoms with van der Waals surface area (Å²) in [5, 5.41) is 5.55. The molecule has 2 unspecified atom stereocenters. The summed E-state index contributed by atoms with van der Waals surface area (Å²) in [5.41, 5.74) is 6.80. The minimum Gasteiger partial charge on any atom is -0.331 e. The zero-order valence-electron chi connectivity index (χ0n) is 13.7. The fraction of sp³-hybridized carbons (Fsp3) is 0.562. The van der Waals surface area contributed by atoms with Crippen molar-refractivity contribution in [3.8, 4) is 0 Å². The molecule has 7 heteroatoms. The number of nitrogens with one attached hydrogen (secondary N) is 2. The van der Waals surface area contributed by atoms with E-state index in [1.54, 1.807) is 31.3 Å². The molecule has 7 nitrogen and oxygen atoms in total. The Morgan fingerprint density at radius 1 is 1.35 bits per heavy atom. The standard InChI is InChI=1S/C16H25N5O2/c1-11(17)14(18-2)20-15(22)16(23)21-10-4-3-5-13(21)12-6-8-19-9-7-12/h6-9,11,13-14,18H,3-5,10,17H2,1-2H3,(H,20,22)/t11?,13?,14-/m0/s1. The molecule has 2 heterocycles. The van der Waals surface area contributed by atoms with Gasteiger partial charge in [0.15, 0.2) is 0 Å². The van der Waals surface area contributed by atoms with Gasteiger partial charge in [0.2, 0.25) is 0 Å². The largest absolute Gasteiger partial charge is 0.331 e. The average Bonchev–Trinajstić information content (AvgIpc) is 2.59. The molecule has 2 rings (SSSR count). The number of pyridine rings is 1. The molecule has 0 radical (unpaired) electrons. The van der Waals surface area contributed by atoms with Crippen LogP contribution in [-0.4, -0.2) is 47.5 Å². The van der Waals surface area contributed by atoms with Crippen LogP contribution in [-0.2, 0) is 9.59 Å². The molecule has 3 atom stereocenters. The molecule has 0 bridgehead atoms. The number of piperidine rings is 1. The first-order valence-corrected chi connectivity index (χ1v) is 7.98. The van der Waals surface area contributed by atoms with Gasteiger partial charge in [-0.3, -0.25) is 19.9 Å². The lowest BCUT2D eigenvalue weighted by Crippen LogP contribution is -2.57. The summed E-state index contributed by atoms with van der Waals surface area (Å²) in [4.78, 5) is 30.5. The van der Waals surface area contributed by atoms with Crippen molar-refractivity contribution in [1.82, 2.24) is 20.5 Å². The van der Waals surface area contributed by atoms with Gasteiger partial charge in [-0.15, -0.1) is 0 Å². The van der Waals surface area contributed by atoms with E-state index in [4.69, 9.17) is 5.73 Å². The van der Waals surface area contributed by atoms with Crippen molar-refractivity contribution in [2.24, 2.45) is 5.73 Å². The molecule has 126 valence electrons. The van der Waals surface area contributed by atoms with Gasteiger partial charge in [0, 0.05) is 25.0 Å². The fourth-order valence-corrected chi connectivity index (χ4v) is 2.91. The number of hydrogen-bond donors (Lipinski definition) is 3. The van der Waals surface area contributed by atoms with Crippen LogP contribution in [0.3, 0.4) is 0 Å². The highest BCUT2D eigenvalue weighted by Gasteiger charge is 2.32. The second kappa shape index (κ2) is 8.03. The molecule has 0 aliphatic carbocycles. The van der Waals surface area contributed by atoms with E-state index < -0.39 is 18.0 Å². The van der Waals surface area contributed by atoms with Gasteiger partial charge in [-0.1, -0.05) is 0 Å². The van der Waals surface area contributed by atoms with Crippen molar-refractivity contribution in [2.75, 3.05) is 13.6 Å². The average molecular weight is 319 g/mol. The topological polar surface area (TPSA) is 100 Å². The lowest BCUT2D eigenvalue weighted by atomic mass is 9.96. The zero-order chi connectivity index (χ0) is 16.8. The number of rotatable bonds is 4. The molecule has 1 aromatic heterocycles. The smallest absolute Gasteiger partial charge is 0.312 e. The lowest BCUT2D eigenvalue weighted by Gasteiger charge is -2.36. The van der Waals surface area contributed by atoms with Gasteiger partial charge in [-0.05, 0) is 50.9 Å². The SMILES string of the molecule is CN[C@@H](NC(=O)C(=O)N1CCCCC1c1ccncc1)C(C)N. The number of carbonyl (C=O) groups excluding carboxylic acids is 2. The molecule has 1 aliphatic heterocycles. The van der Waals surface area contributed by atoms with Crippen molar-refractivity contribution in [3.63, 3.8) is 0 Å². The van der Waals surface area contributed by atoms with Crippen LogP contribution in [0, 0.1) is 0 Å². The van der Waals surface area contributed by atoms with Crippen LogP contribution in [0.2, 0.25) is 0 Å². The number of hydrogen-bond acceptors (Lipinski definition) is 5. The Hall–Kier alpha value is -1.99. The zero-order valence-corrected chi connectivity index (χ0v) is 13.7. The Balaban J connectivity index is 2.10. The van der Waals surface area contributed by atoms with Gasteiger partial charge in [-0.2, -0.15) is 0 Å². The molecular weight excluding hydrogens is 294 g/mol. The van der Waals surface area contributed by atoms with Crippen molar-refractivity contribution in [2.45, 2.75) is 44.4 Å². The van der Waals surface area contributed by atoms with Crippen LogP contribution in [0.1, 0.15) is 37.8 Å². The predicted octanol–water partition coefficient (Wildman–Crippen LogP) is 0.144. The third-order valence-electron chi connectivity index (χ3n) is 4.17. The van der Waals surface area contributed by atoms with Gasteiger partial charge in [0.05, 0.1) is 12.2 Å². The second-order valence-electron chi connectivity index (χ2n) is 5.89. The maximum absolute atomic E-state index is 12.6. The van der Waals surface area contributed by atoms with Gasteiger partial charge in [0.25, 0.3) is 0 Å². The van der Waals surface area contributed by atoms with E-state index in [0.717, 1.165) is 24.8 Å². The lowest BCUT2D eigenvalue weighted by molar-refractivity contribution is -0.149. The van der Waals surface area contributed by atoms with Crippen LogP contribution in [0.5, 0.6) is 0 Å². The third-order valence-corrected chi connectivity index (χ3v) is 4.17. The molecule has 2 amide bonds. The predicted molar refractivity (Wildman–Crippen MR) is 87.2 cm³/mol.